The van der Waals surface area contributed by atoms with E-state index in [4.69, 9.17) is 16.3 Å². The Hall–Kier alpha value is -3.24. The van der Waals surface area contributed by atoms with Gasteiger partial charge in [0.2, 0.25) is 0 Å². The number of hydrogen-bond acceptors (Lipinski definition) is 6. The van der Waals surface area contributed by atoms with Gasteiger partial charge in [0, 0.05) is 33.8 Å². The molecule has 5 rings (SSSR count). The van der Waals surface area contributed by atoms with Crippen LogP contribution in [0.4, 0.5) is 0 Å². The predicted molar refractivity (Wildman–Crippen MR) is 138 cm³/mol. The van der Waals surface area contributed by atoms with Gasteiger partial charge in [0.15, 0.2) is 0 Å². The molecule has 0 amide bonds. The number of nitrogens with zero attached hydrogens (tertiary/aromatic N) is 1. The van der Waals surface area contributed by atoms with Crippen LogP contribution in [0.2, 0.25) is 5.02 Å². The zero-order chi connectivity index (χ0) is 25.3. The third-order valence-corrected chi connectivity index (χ3v) is 9.43. The fourth-order valence-corrected chi connectivity index (χ4v) is 6.94. The zero-order valence-corrected chi connectivity index (χ0v) is 21.2. The second-order valence-electron chi connectivity index (χ2n) is 8.45. The van der Waals surface area contributed by atoms with Crippen LogP contribution in [-0.4, -0.2) is 30.0 Å². The predicted octanol–water partition coefficient (Wildman–Crippen LogP) is 5.33. The van der Waals surface area contributed by atoms with Crippen LogP contribution < -0.4 is 9.46 Å². The summed E-state index contributed by atoms with van der Waals surface area (Å²) in [5.74, 6) is -1.30. The van der Waals surface area contributed by atoms with Crippen LogP contribution in [0.25, 0.3) is 10.4 Å². The van der Waals surface area contributed by atoms with Crippen molar-refractivity contribution in [3.8, 4) is 16.2 Å². The third kappa shape index (κ3) is 4.87. The average Bonchev–Trinajstić information content (AvgIpc) is 3.36. The lowest BCUT2D eigenvalue weighted by atomic mass is 10.1. The first-order valence-corrected chi connectivity index (χ1v) is 13.7. The first-order valence-electron chi connectivity index (χ1n) is 11.0. The molecule has 0 aliphatic heterocycles. The number of pyridine rings is 1. The van der Waals surface area contributed by atoms with Gasteiger partial charge in [-0.2, -0.15) is 4.72 Å². The lowest BCUT2D eigenvalue weighted by molar-refractivity contribution is -0.140. The molecule has 0 radical (unpaired) electrons. The van der Waals surface area contributed by atoms with Crippen molar-refractivity contribution in [1.29, 1.82) is 0 Å². The number of para-hydroxylation sites is 1. The van der Waals surface area contributed by atoms with Crippen molar-refractivity contribution < 1.29 is 23.1 Å². The largest absolute Gasteiger partial charge is 0.489 e. The van der Waals surface area contributed by atoms with Crippen molar-refractivity contribution in [3.63, 3.8) is 0 Å². The number of carboxylic acid groups (broad SMARTS) is 1. The van der Waals surface area contributed by atoms with Gasteiger partial charge >= 0.3 is 5.97 Å². The smallest absolute Gasteiger partial charge is 0.325 e. The number of aliphatic carboxylic acids is 1. The number of sulfonamides is 1. The summed E-state index contributed by atoms with van der Waals surface area (Å²) in [6, 6.07) is 21.0. The van der Waals surface area contributed by atoms with E-state index in [-0.39, 0.29) is 17.2 Å². The van der Waals surface area contributed by atoms with Gasteiger partial charge in [0.1, 0.15) is 22.1 Å². The molecular formula is C26H21ClN2O5S2. The van der Waals surface area contributed by atoms with Gasteiger partial charge in [0.05, 0.1) is 0 Å². The molecular weight excluding hydrogens is 520 g/mol. The molecule has 1 fully saturated rings. The number of carboxylic acids is 1. The summed E-state index contributed by atoms with van der Waals surface area (Å²) in [7, 11) is -4.09. The number of thiophene rings is 1. The molecule has 0 bridgehead atoms. The molecule has 1 aliphatic carbocycles. The molecule has 0 saturated heterocycles. The number of halogens is 1. The molecule has 1 aliphatic rings. The molecule has 1 saturated carbocycles. The Labute approximate surface area is 217 Å². The third-order valence-electron chi connectivity index (χ3n) is 6.05. The second kappa shape index (κ2) is 9.67. The van der Waals surface area contributed by atoms with Gasteiger partial charge in [0.25, 0.3) is 10.0 Å². The quantitative estimate of drug-likeness (QED) is 0.297. The van der Waals surface area contributed by atoms with Crippen molar-refractivity contribution in [2.24, 2.45) is 0 Å². The number of benzene rings is 2. The Bertz CT molecular complexity index is 1510. The normalized spacial score (nSPS) is 19.1. The highest BCUT2D eigenvalue weighted by Crippen LogP contribution is 2.55. The van der Waals surface area contributed by atoms with Crippen molar-refractivity contribution >= 4 is 38.9 Å². The van der Waals surface area contributed by atoms with E-state index in [9.17, 15) is 18.3 Å². The monoisotopic (exact) mass is 540 g/mol. The van der Waals surface area contributed by atoms with Gasteiger partial charge in [-0.25, -0.2) is 8.42 Å². The van der Waals surface area contributed by atoms with Crippen LogP contribution in [0.15, 0.2) is 89.4 Å². The fourth-order valence-electron chi connectivity index (χ4n) is 4.10. The molecule has 184 valence electrons. The van der Waals surface area contributed by atoms with Crippen LogP contribution in [0, 0.1) is 0 Å². The molecule has 2 unspecified atom stereocenters. The molecule has 10 heteroatoms. The fraction of sp³-hybridized carbons (Fsp3) is 0.154. The van der Waals surface area contributed by atoms with Crippen LogP contribution in [-0.2, 0) is 21.4 Å². The number of nitrogens with one attached hydrogen (secondary N) is 1. The minimum Gasteiger partial charge on any atom is -0.489 e. The molecule has 2 atom stereocenters. The van der Waals surface area contributed by atoms with E-state index >= 15 is 0 Å². The first kappa shape index (κ1) is 24.5. The van der Waals surface area contributed by atoms with Crippen LogP contribution >= 0.6 is 22.9 Å². The van der Waals surface area contributed by atoms with Crippen molar-refractivity contribution in [2.75, 3.05) is 0 Å². The van der Waals surface area contributed by atoms with E-state index < -0.39 is 27.4 Å². The highest BCUT2D eigenvalue weighted by molar-refractivity contribution is 7.91. The van der Waals surface area contributed by atoms with Gasteiger partial charge in [-0.3, -0.25) is 9.78 Å². The van der Waals surface area contributed by atoms with Gasteiger partial charge in [-0.15, -0.1) is 11.3 Å². The summed E-state index contributed by atoms with van der Waals surface area (Å²) in [5.41, 5.74) is 0.668. The molecule has 36 heavy (non-hydrogen) atoms. The molecule has 2 aromatic heterocycles. The minimum absolute atomic E-state index is 0.0415. The highest BCUT2D eigenvalue weighted by atomic mass is 35.5. The molecule has 0 spiro atoms. The zero-order valence-electron chi connectivity index (χ0n) is 18.8. The Morgan fingerprint density at radius 2 is 1.89 bits per heavy atom. The standard InChI is InChI=1S/C26H21ClN2O5S2/c27-19-9-7-18(8-10-19)23-11-12-24(35-23)36(32,33)29-26(25(30)31)14-21(26)20-5-1-2-6-22(20)34-16-17-4-3-13-28-15-17/h1-13,15,21,29H,14,16H2,(H,30,31). The van der Waals surface area contributed by atoms with E-state index in [1.165, 1.54) is 6.07 Å². The minimum atomic E-state index is -4.09. The number of rotatable bonds is 9. The van der Waals surface area contributed by atoms with Crippen LogP contribution in [0.3, 0.4) is 0 Å². The SMILES string of the molecule is O=C(O)C1(NS(=O)(=O)c2ccc(-c3ccc(Cl)cc3)s2)CC1c1ccccc1OCc1cccnc1. The van der Waals surface area contributed by atoms with Crippen molar-refractivity contribution in [2.45, 2.75) is 28.7 Å². The van der Waals surface area contributed by atoms with Gasteiger partial charge < -0.3 is 9.84 Å². The summed E-state index contributed by atoms with van der Waals surface area (Å²) in [5, 5.41) is 10.6. The average molecular weight is 541 g/mol. The molecule has 2 aromatic carbocycles. The van der Waals surface area contributed by atoms with E-state index in [0.717, 1.165) is 27.3 Å². The number of ether oxygens (including phenoxy) is 1. The van der Waals surface area contributed by atoms with Crippen molar-refractivity contribution in [1.82, 2.24) is 9.71 Å². The lowest BCUT2D eigenvalue weighted by Crippen LogP contribution is -2.44. The van der Waals surface area contributed by atoms with Crippen LogP contribution in [0.1, 0.15) is 23.5 Å². The van der Waals surface area contributed by atoms with E-state index in [2.05, 4.69) is 9.71 Å². The summed E-state index contributed by atoms with van der Waals surface area (Å²) in [6.45, 7) is 0.256. The summed E-state index contributed by atoms with van der Waals surface area (Å²) in [6.07, 6.45) is 3.47. The van der Waals surface area contributed by atoms with Crippen LogP contribution in [0.5, 0.6) is 5.75 Å². The summed E-state index contributed by atoms with van der Waals surface area (Å²) in [4.78, 5) is 17.1. The second-order valence-corrected chi connectivity index (χ2v) is 11.9. The Kier molecular flexibility index (Phi) is 6.57. The van der Waals surface area contributed by atoms with Crippen molar-refractivity contribution in [3.05, 3.63) is 101 Å². The van der Waals surface area contributed by atoms with Gasteiger partial charge in [-0.1, -0.05) is 48.0 Å². The maximum atomic E-state index is 13.2. The maximum absolute atomic E-state index is 13.2. The molecule has 7 nitrogen and oxygen atoms in total. The molecule has 2 N–H and O–H groups in total. The Morgan fingerprint density at radius 1 is 1.11 bits per heavy atom. The number of aromatic nitrogens is 1. The van der Waals surface area contributed by atoms with E-state index in [1.54, 1.807) is 73.1 Å². The number of hydrogen-bond donors (Lipinski definition) is 2. The number of carbonyl (C=O) groups is 1. The topological polar surface area (TPSA) is 106 Å². The maximum Gasteiger partial charge on any atom is 0.325 e. The van der Waals surface area contributed by atoms with E-state index in [0.29, 0.717) is 16.3 Å². The first-order chi connectivity index (χ1) is 17.3. The Morgan fingerprint density at radius 3 is 2.61 bits per heavy atom. The lowest BCUT2D eigenvalue weighted by Gasteiger charge is -2.17. The highest BCUT2D eigenvalue weighted by Gasteiger charge is 2.64. The molecule has 2 heterocycles. The summed E-state index contributed by atoms with van der Waals surface area (Å²) < 4.78 is 35.0. The Balaban J connectivity index is 1.37. The van der Waals surface area contributed by atoms with E-state index in [1.807, 2.05) is 6.07 Å². The molecule has 4 aromatic rings. The van der Waals surface area contributed by atoms with Gasteiger partial charge in [-0.05, 0) is 53.9 Å². The summed E-state index contributed by atoms with van der Waals surface area (Å²) >= 11 is 7.01.